The lowest BCUT2D eigenvalue weighted by Gasteiger charge is -2.15. The van der Waals surface area contributed by atoms with Gasteiger partial charge in [-0.05, 0) is 55.7 Å². The van der Waals surface area contributed by atoms with Crippen LogP contribution in [0.2, 0.25) is 0 Å². The Hall–Kier alpha value is -2.75. The molecule has 0 unspecified atom stereocenters. The number of aryl methyl sites for hydroxylation is 2. The van der Waals surface area contributed by atoms with E-state index in [4.69, 9.17) is 13.9 Å². The van der Waals surface area contributed by atoms with Gasteiger partial charge in [-0.1, -0.05) is 12.1 Å². The maximum absolute atomic E-state index is 12.5. The summed E-state index contributed by atoms with van der Waals surface area (Å²) in [6.07, 6.45) is 0.511. The van der Waals surface area contributed by atoms with Crippen LogP contribution in [0.5, 0.6) is 11.5 Å². The minimum atomic E-state index is -0.296. The Morgan fingerprint density at radius 3 is 2.20 bits per heavy atom. The van der Waals surface area contributed by atoms with E-state index < -0.39 is 0 Å². The van der Waals surface area contributed by atoms with Crippen molar-refractivity contribution in [2.75, 3.05) is 14.2 Å². The molecule has 25 heavy (non-hydrogen) atoms. The fraction of sp³-hybridized carbons (Fsp3) is 0.286. The second kappa shape index (κ2) is 6.63. The molecular formula is C21H22O4. The smallest absolute Gasteiger partial charge is 0.339 e. The summed E-state index contributed by atoms with van der Waals surface area (Å²) >= 11 is 0. The first-order valence-corrected chi connectivity index (χ1v) is 8.19. The van der Waals surface area contributed by atoms with E-state index in [0.29, 0.717) is 17.6 Å². The molecule has 0 amide bonds. The molecule has 3 rings (SSSR count). The van der Waals surface area contributed by atoms with Crippen molar-refractivity contribution in [1.82, 2.24) is 0 Å². The van der Waals surface area contributed by atoms with E-state index in [1.807, 2.05) is 51.1 Å². The Kier molecular flexibility index (Phi) is 4.53. The average molecular weight is 338 g/mol. The third kappa shape index (κ3) is 3.00. The lowest BCUT2D eigenvalue weighted by Crippen LogP contribution is -2.09. The van der Waals surface area contributed by atoms with E-state index in [-0.39, 0.29) is 5.63 Å². The second-order valence-corrected chi connectivity index (χ2v) is 6.23. The van der Waals surface area contributed by atoms with Crippen LogP contribution in [-0.4, -0.2) is 14.2 Å². The Labute approximate surface area is 147 Å². The van der Waals surface area contributed by atoms with Crippen molar-refractivity contribution in [2.24, 2.45) is 0 Å². The van der Waals surface area contributed by atoms with Gasteiger partial charge in [0.05, 0.1) is 14.2 Å². The zero-order valence-electron chi connectivity index (χ0n) is 15.2. The van der Waals surface area contributed by atoms with Crippen molar-refractivity contribution in [3.8, 4) is 11.5 Å². The van der Waals surface area contributed by atoms with Crippen LogP contribution in [0.25, 0.3) is 11.0 Å². The molecule has 0 atom stereocenters. The van der Waals surface area contributed by atoms with Crippen molar-refractivity contribution in [3.63, 3.8) is 0 Å². The predicted molar refractivity (Wildman–Crippen MR) is 99.0 cm³/mol. The maximum Gasteiger partial charge on any atom is 0.339 e. The van der Waals surface area contributed by atoms with Gasteiger partial charge in [-0.3, -0.25) is 0 Å². The van der Waals surface area contributed by atoms with Gasteiger partial charge >= 0.3 is 5.63 Å². The van der Waals surface area contributed by atoms with E-state index in [1.54, 1.807) is 14.2 Å². The zero-order valence-corrected chi connectivity index (χ0v) is 15.2. The molecule has 3 aromatic rings. The van der Waals surface area contributed by atoms with Crippen LogP contribution in [0.15, 0.2) is 39.5 Å². The summed E-state index contributed by atoms with van der Waals surface area (Å²) in [5.41, 5.74) is 4.92. The van der Waals surface area contributed by atoms with Crippen LogP contribution < -0.4 is 15.1 Å². The molecule has 130 valence electrons. The molecule has 1 heterocycles. The molecule has 0 radical (unpaired) electrons. The highest BCUT2D eigenvalue weighted by Gasteiger charge is 2.16. The largest absolute Gasteiger partial charge is 0.497 e. The molecule has 0 saturated heterocycles. The van der Waals surface area contributed by atoms with E-state index in [9.17, 15) is 4.79 Å². The summed E-state index contributed by atoms with van der Waals surface area (Å²) in [6, 6.07) is 9.61. The number of benzene rings is 2. The molecule has 0 saturated carbocycles. The van der Waals surface area contributed by atoms with E-state index in [0.717, 1.165) is 39.1 Å². The Bertz CT molecular complexity index is 982. The topological polar surface area (TPSA) is 48.7 Å². The quantitative estimate of drug-likeness (QED) is 0.665. The van der Waals surface area contributed by atoms with Crippen LogP contribution in [0, 0.1) is 20.8 Å². The lowest BCUT2D eigenvalue weighted by molar-refractivity contribution is 0.408. The molecule has 4 heteroatoms. The Balaban J connectivity index is 2.13. The average Bonchev–Trinajstić information content (AvgIpc) is 2.62. The number of ether oxygens (including phenoxy) is 2. The van der Waals surface area contributed by atoms with Crippen molar-refractivity contribution in [1.29, 1.82) is 0 Å². The normalized spacial score (nSPS) is 10.9. The van der Waals surface area contributed by atoms with Gasteiger partial charge in [0.25, 0.3) is 0 Å². The Morgan fingerprint density at radius 1 is 0.920 bits per heavy atom. The van der Waals surface area contributed by atoms with Gasteiger partial charge in [0, 0.05) is 22.9 Å². The summed E-state index contributed by atoms with van der Waals surface area (Å²) in [6.45, 7) is 5.92. The van der Waals surface area contributed by atoms with Crippen molar-refractivity contribution >= 4 is 11.0 Å². The van der Waals surface area contributed by atoms with Crippen LogP contribution in [0.4, 0.5) is 0 Å². The predicted octanol–water partition coefficient (Wildman–Crippen LogP) is 4.33. The third-order valence-corrected chi connectivity index (χ3v) is 4.77. The standard InChI is InChI=1S/C21H22O4/c1-12-13(2)20-18(14(3)19(12)24-5)11-16(21(22)25-20)10-15-6-8-17(23-4)9-7-15/h6-9,11H,10H2,1-5H3. The molecule has 1 aromatic heterocycles. The lowest BCUT2D eigenvalue weighted by atomic mass is 9.97. The van der Waals surface area contributed by atoms with Crippen molar-refractivity contribution < 1.29 is 13.9 Å². The molecule has 0 N–H and O–H groups in total. The van der Waals surface area contributed by atoms with Crippen molar-refractivity contribution in [3.05, 3.63) is 68.6 Å². The molecule has 0 aliphatic rings. The molecule has 4 nitrogen and oxygen atoms in total. The van der Waals surface area contributed by atoms with Crippen LogP contribution in [0.1, 0.15) is 27.8 Å². The van der Waals surface area contributed by atoms with E-state index >= 15 is 0 Å². The van der Waals surface area contributed by atoms with Gasteiger partial charge in [0.2, 0.25) is 0 Å². The molecule has 0 spiro atoms. The van der Waals surface area contributed by atoms with Gasteiger partial charge in [-0.2, -0.15) is 0 Å². The van der Waals surface area contributed by atoms with Gasteiger partial charge in [-0.15, -0.1) is 0 Å². The summed E-state index contributed by atoms with van der Waals surface area (Å²) in [4.78, 5) is 12.5. The van der Waals surface area contributed by atoms with Gasteiger partial charge < -0.3 is 13.9 Å². The fourth-order valence-corrected chi connectivity index (χ4v) is 3.21. The van der Waals surface area contributed by atoms with Gasteiger partial charge in [-0.25, -0.2) is 4.79 Å². The van der Waals surface area contributed by atoms with Crippen LogP contribution in [-0.2, 0) is 6.42 Å². The monoisotopic (exact) mass is 338 g/mol. The molecular weight excluding hydrogens is 316 g/mol. The van der Waals surface area contributed by atoms with Gasteiger partial charge in [0.15, 0.2) is 0 Å². The highest BCUT2D eigenvalue weighted by molar-refractivity contribution is 5.87. The first-order chi connectivity index (χ1) is 12.0. The summed E-state index contributed by atoms with van der Waals surface area (Å²) in [7, 11) is 3.30. The molecule has 0 bridgehead atoms. The number of fused-ring (bicyclic) bond motifs is 1. The SMILES string of the molecule is COc1ccc(Cc2cc3c(C)c(OC)c(C)c(C)c3oc2=O)cc1. The second-order valence-electron chi connectivity index (χ2n) is 6.23. The van der Waals surface area contributed by atoms with Gasteiger partial charge in [0.1, 0.15) is 17.1 Å². The summed E-state index contributed by atoms with van der Waals surface area (Å²) < 4.78 is 16.4. The number of rotatable bonds is 4. The minimum Gasteiger partial charge on any atom is -0.497 e. The highest BCUT2D eigenvalue weighted by Crippen LogP contribution is 2.34. The first kappa shape index (κ1) is 17.1. The molecule has 0 aliphatic heterocycles. The van der Waals surface area contributed by atoms with Crippen LogP contribution in [0.3, 0.4) is 0 Å². The third-order valence-electron chi connectivity index (χ3n) is 4.77. The highest BCUT2D eigenvalue weighted by atomic mass is 16.5. The molecule has 0 fully saturated rings. The number of methoxy groups -OCH3 is 2. The van der Waals surface area contributed by atoms with E-state index in [2.05, 4.69) is 0 Å². The van der Waals surface area contributed by atoms with E-state index in [1.165, 1.54) is 0 Å². The molecule has 0 aliphatic carbocycles. The first-order valence-electron chi connectivity index (χ1n) is 8.19. The Morgan fingerprint density at radius 2 is 1.60 bits per heavy atom. The summed E-state index contributed by atoms with van der Waals surface area (Å²) in [5, 5.41) is 0.920. The van der Waals surface area contributed by atoms with Crippen molar-refractivity contribution in [2.45, 2.75) is 27.2 Å². The fourth-order valence-electron chi connectivity index (χ4n) is 3.21. The van der Waals surface area contributed by atoms with Crippen LogP contribution >= 0.6 is 0 Å². The maximum atomic E-state index is 12.5. The molecule has 2 aromatic carbocycles. The minimum absolute atomic E-state index is 0.296. The summed E-state index contributed by atoms with van der Waals surface area (Å²) in [5.74, 6) is 1.63. The number of hydrogen-bond acceptors (Lipinski definition) is 4. The zero-order chi connectivity index (χ0) is 18.1. The number of hydrogen-bond donors (Lipinski definition) is 0.